The zero-order valence-corrected chi connectivity index (χ0v) is 11.6. The van der Waals surface area contributed by atoms with E-state index in [9.17, 15) is 0 Å². The first kappa shape index (κ1) is 13.3. The maximum atomic E-state index is 6.34. The lowest BCUT2D eigenvalue weighted by molar-refractivity contribution is 0.142. The predicted molar refractivity (Wildman–Crippen MR) is 73.2 cm³/mol. The van der Waals surface area contributed by atoms with E-state index in [1.54, 1.807) is 0 Å². The molecule has 2 aliphatic rings. The Bertz CT molecular complexity index is 238. The minimum absolute atomic E-state index is 0.191. The first-order valence-electron chi connectivity index (χ1n) is 7.34. The highest BCUT2D eigenvalue weighted by molar-refractivity contribution is 4.93. The Morgan fingerprint density at radius 3 is 2.59 bits per heavy atom. The van der Waals surface area contributed by atoms with E-state index in [-0.39, 0.29) is 5.54 Å². The Morgan fingerprint density at radius 2 is 2.00 bits per heavy atom. The topological polar surface area (TPSA) is 32.5 Å². The van der Waals surface area contributed by atoms with Gasteiger partial charge < -0.3 is 10.6 Å². The zero-order chi connectivity index (χ0) is 12.3. The smallest absolute Gasteiger partial charge is 0.0220 e. The first-order valence-corrected chi connectivity index (χ1v) is 7.34. The number of hydrogen-bond donors (Lipinski definition) is 1. The number of hydrogen-bond acceptors (Lipinski definition) is 3. The SMILES string of the molecule is CCC1CN(C)CCCN1CCC1(N)CCC1. The average Bonchev–Trinajstić information content (AvgIpc) is 2.45. The van der Waals surface area contributed by atoms with Crippen molar-refractivity contribution in [2.75, 3.05) is 33.2 Å². The molecule has 100 valence electrons. The van der Waals surface area contributed by atoms with Crippen LogP contribution in [0, 0.1) is 0 Å². The molecule has 3 heteroatoms. The van der Waals surface area contributed by atoms with Crippen LogP contribution in [-0.2, 0) is 0 Å². The number of rotatable bonds is 4. The van der Waals surface area contributed by atoms with Crippen molar-refractivity contribution in [2.45, 2.75) is 57.0 Å². The second-order valence-electron chi connectivity index (χ2n) is 6.18. The van der Waals surface area contributed by atoms with Gasteiger partial charge in [0.05, 0.1) is 0 Å². The molecule has 1 saturated heterocycles. The molecular formula is C14H29N3. The van der Waals surface area contributed by atoms with Gasteiger partial charge in [-0.05, 0) is 58.7 Å². The van der Waals surface area contributed by atoms with Crippen molar-refractivity contribution in [1.29, 1.82) is 0 Å². The molecule has 0 bridgehead atoms. The van der Waals surface area contributed by atoms with Crippen molar-refractivity contribution in [3.8, 4) is 0 Å². The highest BCUT2D eigenvalue weighted by Gasteiger charge is 2.33. The summed E-state index contributed by atoms with van der Waals surface area (Å²) < 4.78 is 0. The van der Waals surface area contributed by atoms with E-state index in [2.05, 4.69) is 23.8 Å². The molecule has 17 heavy (non-hydrogen) atoms. The molecular weight excluding hydrogens is 210 g/mol. The summed E-state index contributed by atoms with van der Waals surface area (Å²) in [5.41, 5.74) is 6.53. The Kier molecular flexibility index (Phi) is 4.45. The van der Waals surface area contributed by atoms with Crippen molar-refractivity contribution in [1.82, 2.24) is 9.80 Å². The van der Waals surface area contributed by atoms with Crippen molar-refractivity contribution in [2.24, 2.45) is 5.73 Å². The van der Waals surface area contributed by atoms with Gasteiger partial charge in [-0.3, -0.25) is 4.90 Å². The van der Waals surface area contributed by atoms with E-state index in [1.165, 1.54) is 64.7 Å². The summed E-state index contributed by atoms with van der Waals surface area (Å²) in [4.78, 5) is 5.17. The molecule has 1 aliphatic carbocycles. The largest absolute Gasteiger partial charge is 0.325 e. The summed E-state index contributed by atoms with van der Waals surface area (Å²) in [6.45, 7) is 7.27. The predicted octanol–water partition coefficient (Wildman–Crippen LogP) is 1.67. The van der Waals surface area contributed by atoms with Gasteiger partial charge in [0.2, 0.25) is 0 Å². The third-order valence-corrected chi connectivity index (χ3v) is 4.74. The van der Waals surface area contributed by atoms with Gasteiger partial charge in [-0.1, -0.05) is 6.92 Å². The standard InChI is InChI=1S/C14H29N3/c1-3-13-12-16(2)9-5-10-17(13)11-8-14(15)6-4-7-14/h13H,3-12,15H2,1-2H3. The summed E-state index contributed by atoms with van der Waals surface area (Å²) in [7, 11) is 2.25. The molecule has 1 unspecified atom stereocenters. The molecule has 1 aliphatic heterocycles. The van der Waals surface area contributed by atoms with E-state index >= 15 is 0 Å². The van der Waals surface area contributed by atoms with Gasteiger partial charge in [0.1, 0.15) is 0 Å². The Morgan fingerprint density at radius 1 is 1.24 bits per heavy atom. The monoisotopic (exact) mass is 239 g/mol. The number of likely N-dealkylation sites (N-methyl/N-ethyl adjacent to an activating group) is 1. The second kappa shape index (κ2) is 5.68. The van der Waals surface area contributed by atoms with Crippen LogP contribution >= 0.6 is 0 Å². The average molecular weight is 239 g/mol. The highest BCUT2D eigenvalue weighted by Crippen LogP contribution is 2.32. The highest BCUT2D eigenvalue weighted by atomic mass is 15.2. The Labute approximate surface area is 106 Å². The van der Waals surface area contributed by atoms with Gasteiger partial charge in [-0.2, -0.15) is 0 Å². The van der Waals surface area contributed by atoms with E-state index in [4.69, 9.17) is 5.73 Å². The minimum atomic E-state index is 0.191. The summed E-state index contributed by atoms with van der Waals surface area (Å²) in [6, 6.07) is 0.742. The maximum absolute atomic E-state index is 6.34. The molecule has 1 saturated carbocycles. The summed E-state index contributed by atoms with van der Waals surface area (Å²) >= 11 is 0. The molecule has 1 atom stereocenters. The fraction of sp³-hybridized carbons (Fsp3) is 1.00. The zero-order valence-electron chi connectivity index (χ0n) is 11.6. The van der Waals surface area contributed by atoms with E-state index in [1.807, 2.05) is 0 Å². The van der Waals surface area contributed by atoms with E-state index in [0.717, 1.165) is 6.04 Å². The molecule has 3 nitrogen and oxygen atoms in total. The second-order valence-corrected chi connectivity index (χ2v) is 6.18. The normalized spacial score (nSPS) is 30.9. The van der Waals surface area contributed by atoms with Crippen molar-refractivity contribution in [3.05, 3.63) is 0 Å². The Balaban J connectivity index is 1.84. The molecule has 2 fully saturated rings. The van der Waals surface area contributed by atoms with Crippen LogP contribution in [0.5, 0.6) is 0 Å². The van der Waals surface area contributed by atoms with Gasteiger partial charge >= 0.3 is 0 Å². The molecule has 0 spiro atoms. The van der Waals surface area contributed by atoms with Crippen LogP contribution in [0.4, 0.5) is 0 Å². The fourth-order valence-corrected chi connectivity index (χ4v) is 3.22. The molecule has 2 rings (SSSR count). The van der Waals surface area contributed by atoms with Crippen LogP contribution < -0.4 is 5.73 Å². The molecule has 1 heterocycles. The summed E-state index contributed by atoms with van der Waals surface area (Å²) in [6.07, 6.45) is 7.62. The van der Waals surface area contributed by atoms with E-state index in [0.29, 0.717) is 0 Å². The van der Waals surface area contributed by atoms with Crippen LogP contribution in [0.1, 0.15) is 45.4 Å². The van der Waals surface area contributed by atoms with Crippen LogP contribution in [0.25, 0.3) is 0 Å². The van der Waals surface area contributed by atoms with Gasteiger partial charge in [0.25, 0.3) is 0 Å². The summed E-state index contributed by atoms with van der Waals surface area (Å²) in [5.74, 6) is 0. The minimum Gasteiger partial charge on any atom is -0.325 e. The Hall–Kier alpha value is -0.120. The third kappa shape index (κ3) is 3.43. The van der Waals surface area contributed by atoms with Crippen molar-refractivity contribution >= 4 is 0 Å². The lowest BCUT2D eigenvalue weighted by atomic mass is 9.75. The third-order valence-electron chi connectivity index (χ3n) is 4.74. The van der Waals surface area contributed by atoms with Gasteiger partial charge in [-0.25, -0.2) is 0 Å². The summed E-state index contributed by atoms with van der Waals surface area (Å²) in [5, 5.41) is 0. The lowest BCUT2D eigenvalue weighted by Crippen LogP contribution is -2.50. The quantitative estimate of drug-likeness (QED) is 0.810. The van der Waals surface area contributed by atoms with Crippen molar-refractivity contribution in [3.63, 3.8) is 0 Å². The van der Waals surface area contributed by atoms with Crippen LogP contribution in [0.15, 0.2) is 0 Å². The molecule has 0 amide bonds. The number of nitrogens with zero attached hydrogens (tertiary/aromatic N) is 2. The van der Waals surface area contributed by atoms with E-state index < -0.39 is 0 Å². The molecule has 0 radical (unpaired) electrons. The lowest BCUT2D eigenvalue weighted by Gasteiger charge is -2.40. The van der Waals surface area contributed by atoms with Gasteiger partial charge in [0, 0.05) is 24.7 Å². The van der Waals surface area contributed by atoms with Crippen LogP contribution in [0.3, 0.4) is 0 Å². The first-order chi connectivity index (χ1) is 8.13. The maximum Gasteiger partial charge on any atom is 0.0220 e. The molecule has 0 aromatic carbocycles. The van der Waals surface area contributed by atoms with Gasteiger partial charge in [0.15, 0.2) is 0 Å². The van der Waals surface area contributed by atoms with Gasteiger partial charge in [-0.15, -0.1) is 0 Å². The molecule has 2 N–H and O–H groups in total. The van der Waals surface area contributed by atoms with Crippen LogP contribution in [0.2, 0.25) is 0 Å². The number of nitrogens with two attached hydrogens (primary N) is 1. The fourth-order valence-electron chi connectivity index (χ4n) is 3.22. The molecule has 0 aromatic rings. The van der Waals surface area contributed by atoms with Crippen LogP contribution in [-0.4, -0.2) is 54.6 Å². The van der Waals surface area contributed by atoms with Crippen molar-refractivity contribution < 1.29 is 0 Å². The molecule has 0 aromatic heterocycles.